The van der Waals surface area contributed by atoms with Crippen LogP contribution in [0.15, 0.2) is 85.1 Å². The van der Waals surface area contributed by atoms with Crippen molar-refractivity contribution in [3.05, 3.63) is 113 Å². The number of rotatable bonds is 4. The van der Waals surface area contributed by atoms with Gasteiger partial charge in [0.2, 0.25) is 5.69 Å². The minimum absolute atomic E-state index is 0.129. The van der Waals surface area contributed by atoms with E-state index in [4.69, 9.17) is 0 Å². The Bertz CT molecular complexity index is 1430. The summed E-state index contributed by atoms with van der Waals surface area (Å²) < 4.78 is 2.34. The second kappa shape index (κ2) is 8.55. The van der Waals surface area contributed by atoms with Gasteiger partial charge in [0.25, 0.3) is 0 Å². The van der Waals surface area contributed by atoms with Crippen LogP contribution in [0.1, 0.15) is 73.3 Å². The maximum atomic E-state index is 2.68. The van der Waals surface area contributed by atoms with Crippen LogP contribution in [0.4, 0.5) is 22.7 Å². The number of benzene rings is 3. The van der Waals surface area contributed by atoms with Crippen LogP contribution < -0.4 is 14.2 Å². The lowest BCUT2D eigenvalue weighted by Crippen LogP contribution is -2.47. The summed E-state index contributed by atoms with van der Waals surface area (Å²) in [6.45, 7) is 11.7. The quantitative estimate of drug-likeness (QED) is 0.225. The molecule has 0 amide bonds. The maximum Gasteiger partial charge on any atom is 0.404 e. The number of pyridine rings is 1. The number of aromatic nitrogens is 1. The molecule has 0 bridgehead atoms. The summed E-state index contributed by atoms with van der Waals surface area (Å²) in [5.74, 6) is 1.06. The minimum Gasteiger partial charge on any atom is -0.363 e. The van der Waals surface area contributed by atoms with Crippen LogP contribution in [0.5, 0.6) is 0 Å². The van der Waals surface area contributed by atoms with Crippen LogP contribution in [0.2, 0.25) is 0 Å². The molecular formula is C32H35BN3+. The van der Waals surface area contributed by atoms with Crippen LogP contribution in [-0.4, -0.2) is 6.98 Å². The molecule has 3 nitrogen and oxygen atoms in total. The molecule has 4 aromatic rings. The fourth-order valence-corrected chi connectivity index (χ4v) is 6.46. The zero-order valence-electron chi connectivity index (χ0n) is 22.2. The predicted octanol–water partition coefficient (Wildman–Crippen LogP) is 7.53. The first kappa shape index (κ1) is 22.9. The first-order valence-electron chi connectivity index (χ1n) is 13.2. The number of hydrogen-bond donors (Lipinski definition) is 0. The van der Waals surface area contributed by atoms with Crippen molar-refractivity contribution < 1.29 is 4.57 Å². The van der Waals surface area contributed by atoms with Crippen molar-refractivity contribution in [3.63, 3.8) is 0 Å². The Hall–Kier alpha value is -3.53. The van der Waals surface area contributed by atoms with Crippen molar-refractivity contribution in [2.45, 2.75) is 52.3 Å². The Morgan fingerprint density at radius 1 is 0.694 bits per heavy atom. The van der Waals surface area contributed by atoms with Gasteiger partial charge in [0, 0.05) is 11.8 Å². The van der Waals surface area contributed by atoms with Gasteiger partial charge in [-0.05, 0) is 59.2 Å². The molecule has 3 heterocycles. The molecule has 0 saturated carbocycles. The van der Waals surface area contributed by atoms with Gasteiger partial charge in [-0.25, -0.2) is 4.57 Å². The Kier molecular flexibility index (Phi) is 5.44. The van der Waals surface area contributed by atoms with E-state index in [1.807, 2.05) is 0 Å². The van der Waals surface area contributed by atoms with Crippen LogP contribution in [0, 0.1) is 6.92 Å². The van der Waals surface area contributed by atoms with E-state index in [0.29, 0.717) is 11.8 Å². The zero-order chi connectivity index (χ0) is 25.1. The Labute approximate surface area is 216 Å². The molecule has 180 valence electrons. The summed E-state index contributed by atoms with van der Waals surface area (Å²) in [6, 6.07) is 29.3. The van der Waals surface area contributed by atoms with E-state index in [2.05, 4.69) is 141 Å². The Morgan fingerprint density at radius 2 is 1.28 bits per heavy atom. The lowest BCUT2D eigenvalue weighted by molar-refractivity contribution is -0.678. The molecule has 2 aliphatic rings. The number of aryl methyl sites for hydroxylation is 2. The molecule has 1 atom stereocenters. The first-order chi connectivity index (χ1) is 17.4. The largest absolute Gasteiger partial charge is 0.404 e. The molecule has 1 unspecified atom stereocenters. The second-order valence-electron chi connectivity index (χ2n) is 11.0. The minimum atomic E-state index is 0.129. The molecule has 0 fully saturated rings. The smallest absolute Gasteiger partial charge is 0.363 e. The third kappa shape index (κ3) is 3.23. The topological polar surface area (TPSA) is 10.4 Å². The fourth-order valence-electron chi connectivity index (χ4n) is 6.46. The Morgan fingerprint density at radius 3 is 1.92 bits per heavy atom. The van der Waals surface area contributed by atoms with Crippen molar-refractivity contribution in [3.8, 4) is 0 Å². The van der Waals surface area contributed by atoms with Gasteiger partial charge in [-0.2, -0.15) is 0 Å². The maximum absolute atomic E-state index is 2.68. The number of para-hydroxylation sites is 3. The SMILES string of the molecule is Cc1ccccc1C1B2N(c3ccccc3N2c2c(C(C)C)cccc2C(C)C)c2ccc[n+](C)c21. The van der Waals surface area contributed by atoms with Gasteiger partial charge in [-0.1, -0.05) is 82.3 Å². The molecule has 36 heavy (non-hydrogen) atoms. The average molecular weight is 472 g/mol. The molecule has 0 spiro atoms. The van der Waals surface area contributed by atoms with Crippen LogP contribution in [-0.2, 0) is 7.05 Å². The first-order valence-corrected chi connectivity index (χ1v) is 13.2. The van der Waals surface area contributed by atoms with Gasteiger partial charge in [-0.3, -0.25) is 0 Å². The van der Waals surface area contributed by atoms with Crippen LogP contribution in [0.3, 0.4) is 0 Å². The monoisotopic (exact) mass is 472 g/mol. The summed E-state index contributed by atoms with van der Waals surface area (Å²) in [5, 5.41) is 0. The highest BCUT2D eigenvalue weighted by atomic mass is 15.3. The van der Waals surface area contributed by atoms with Gasteiger partial charge in [-0.15, -0.1) is 0 Å². The second-order valence-corrected chi connectivity index (χ2v) is 11.0. The van der Waals surface area contributed by atoms with E-state index >= 15 is 0 Å². The Balaban J connectivity index is 1.70. The third-order valence-corrected chi connectivity index (χ3v) is 8.10. The summed E-state index contributed by atoms with van der Waals surface area (Å²) in [6.07, 6.45) is 2.20. The lowest BCUT2D eigenvalue weighted by atomic mass is 9.57. The number of hydrogen-bond acceptors (Lipinski definition) is 2. The van der Waals surface area contributed by atoms with Crippen molar-refractivity contribution >= 4 is 29.7 Å². The van der Waals surface area contributed by atoms with Gasteiger partial charge < -0.3 is 9.62 Å². The zero-order valence-corrected chi connectivity index (χ0v) is 22.2. The van der Waals surface area contributed by atoms with E-state index in [1.54, 1.807) is 0 Å². The summed E-state index contributed by atoms with van der Waals surface area (Å²) in [5.41, 5.74) is 12.2. The molecular weight excluding hydrogens is 437 g/mol. The van der Waals surface area contributed by atoms with E-state index in [-0.39, 0.29) is 12.8 Å². The van der Waals surface area contributed by atoms with Crippen molar-refractivity contribution in [1.82, 2.24) is 0 Å². The highest BCUT2D eigenvalue weighted by Crippen LogP contribution is 2.57. The number of nitrogens with zero attached hydrogens (tertiary/aromatic N) is 3. The van der Waals surface area contributed by atoms with E-state index in [1.165, 1.54) is 50.7 Å². The average Bonchev–Trinajstić information content (AvgIpc) is 3.37. The molecule has 0 aliphatic carbocycles. The van der Waals surface area contributed by atoms with E-state index in [9.17, 15) is 0 Å². The number of anilines is 4. The molecule has 4 heteroatoms. The highest BCUT2D eigenvalue weighted by Gasteiger charge is 2.58. The molecule has 6 rings (SSSR count). The van der Waals surface area contributed by atoms with Gasteiger partial charge in [0.05, 0.1) is 22.9 Å². The molecule has 1 aromatic heterocycles. The van der Waals surface area contributed by atoms with Crippen molar-refractivity contribution in [2.24, 2.45) is 7.05 Å². The van der Waals surface area contributed by atoms with Gasteiger partial charge >= 0.3 is 6.98 Å². The standard InChI is InChI=1S/C32H35BN3/c1-21(2)24-15-11-16-25(22(3)4)31(24)36-28-18-10-9-17-27(28)35-29-19-12-20-34(6)32(29)30(33(35)36)26-14-8-7-13-23(26)5/h7-22,30H,1-6H3/q+1. The molecule has 0 saturated heterocycles. The van der Waals surface area contributed by atoms with E-state index < -0.39 is 0 Å². The summed E-state index contributed by atoms with van der Waals surface area (Å²) >= 11 is 0. The molecule has 0 N–H and O–H groups in total. The summed E-state index contributed by atoms with van der Waals surface area (Å²) in [7, 11) is 2.20. The van der Waals surface area contributed by atoms with Crippen molar-refractivity contribution in [1.29, 1.82) is 0 Å². The van der Waals surface area contributed by atoms with Crippen molar-refractivity contribution in [2.75, 3.05) is 9.62 Å². The van der Waals surface area contributed by atoms with E-state index in [0.717, 1.165) is 0 Å². The fraction of sp³-hybridized carbons (Fsp3) is 0.281. The lowest BCUT2D eigenvalue weighted by Gasteiger charge is -2.33. The predicted molar refractivity (Wildman–Crippen MR) is 152 cm³/mol. The van der Waals surface area contributed by atoms with Gasteiger partial charge in [0.1, 0.15) is 7.05 Å². The molecule has 0 radical (unpaired) electrons. The van der Waals surface area contributed by atoms with Crippen LogP contribution in [0.25, 0.3) is 0 Å². The summed E-state index contributed by atoms with van der Waals surface area (Å²) in [4.78, 5) is 5.28. The normalized spacial score (nSPS) is 16.1. The highest BCUT2D eigenvalue weighted by molar-refractivity contribution is 6.76. The molecule has 3 aromatic carbocycles. The van der Waals surface area contributed by atoms with Gasteiger partial charge in [0.15, 0.2) is 6.20 Å². The number of fused-ring (bicyclic) bond motifs is 5. The third-order valence-electron chi connectivity index (χ3n) is 8.10. The van der Waals surface area contributed by atoms with Crippen LogP contribution >= 0.6 is 0 Å². The molecule has 2 aliphatic heterocycles.